The van der Waals surface area contributed by atoms with Gasteiger partial charge in [0.2, 0.25) is 0 Å². The summed E-state index contributed by atoms with van der Waals surface area (Å²) in [4.78, 5) is 4.67. The van der Waals surface area contributed by atoms with E-state index in [1.807, 2.05) is 0 Å². The summed E-state index contributed by atoms with van der Waals surface area (Å²) in [5.74, 6) is 2.06. The fraction of sp³-hybridized carbons (Fsp3) is 0.500. The van der Waals surface area contributed by atoms with Crippen molar-refractivity contribution in [2.45, 2.75) is 39.2 Å². The first-order chi connectivity index (χ1) is 9.74. The Balaban J connectivity index is 1.52. The van der Waals surface area contributed by atoms with E-state index in [1.54, 1.807) is 0 Å². The Kier molecular flexibility index (Phi) is 3.90. The van der Waals surface area contributed by atoms with E-state index >= 15 is 0 Å². The van der Waals surface area contributed by atoms with E-state index in [9.17, 15) is 0 Å². The van der Waals surface area contributed by atoms with Crippen LogP contribution in [0.5, 0.6) is 0 Å². The molecule has 0 aromatic carbocycles. The minimum absolute atomic E-state index is 0.370. The molecule has 0 aromatic rings. The largest absolute Gasteiger partial charge is 0.479 e. The van der Waals surface area contributed by atoms with Crippen LogP contribution in [0.2, 0.25) is 0 Å². The number of ether oxygens (including phenoxy) is 1. The summed E-state index contributed by atoms with van der Waals surface area (Å²) >= 11 is 0. The molecule has 2 nitrogen and oxygen atoms in total. The standard InChI is InChI=1S/C18H23NO/c1-13(2)17-12-20-18(19-17)9-5-7-15-11-10-14-6-3-4-8-16(14)15/h3-4,6,8,10-11,13-14,17H,5,7,9,12H2,1-2H3/t14?,17-/m1/s1. The molecule has 2 aliphatic carbocycles. The normalized spacial score (nSPS) is 27.2. The van der Waals surface area contributed by atoms with Gasteiger partial charge in [-0.1, -0.05) is 50.3 Å². The van der Waals surface area contributed by atoms with Crippen molar-refractivity contribution in [2.24, 2.45) is 16.8 Å². The van der Waals surface area contributed by atoms with Gasteiger partial charge in [-0.3, -0.25) is 0 Å². The Hall–Kier alpha value is -1.57. The van der Waals surface area contributed by atoms with Crippen molar-refractivity contribution in [3.63, 3.8) is 0 Å². The van der Waals surface area contributed by atoms with Crippen LogP contribution < -0.4 is 0 Å². The van der Waals surface area contributed by atoms with Gasteiger partial charge < -0.3 is 4.74 Å². The SMILES string of the molecule is CC(C)[C@H]1COC(CCCC2=C3C=CC=CC3C=C2)=N1. The summed E-state index contributed by atoms with van der Waals surface area (Å²) in [6, 6.07) is 0.370. The molecule has 0 radical (unpaired) electrons. The molecule has 0 spiro atoms. The van der Waals surface area contributed by atoms with Crippen LogP contribution >= 0.6 is 0 Å². The van der Waals surface area contributed by atoms with Gasteiger partial charge in [0, 0.05) is 12.3 Å². The molecule has 106 valence electrons. The van der Waals surface area contributed by atoms with Crippen LogP contribution in [0.25, 0.3) is 0 Å². The molecule has 0 amide bonds. The van der Waals surface area contributed by atoms with Gasteiger partial charge in [-0.25, -0.2) is 4.99 Å². The summed E-state index contributed by atoms with van der Waals surface area (Å²) in [5.41, 5.74) is 2.96. The van der Waals surface area contributed by atoms with Gasteiger partial charge in [0.25, 0.3) is 0 Å². The molecule has 2 atom stereocenters. The predicted octanol–water partition coefficient (Wildman–Crippen LogP) is 4.22. The van der Waals surface area contributed by atoms with Gasteiger partial charge in [0.05, 0.1) is 6.04 Å². The Bertz CT molecular complexity index is 520. The van der Waals surface area contributed by atoms with Crippen molar-refractivity contribution in [2.75, 3.05) is 6.61 Å². The predicted molar refractivity (Wildman–Crippen MR) is 83.8 cm³/mol. The van der Waals surface area contributed by atoms with Gasteiger partial charge in [-0.05, 0) is 29.9 Å². The lowest BCUT2D eigenvalue weighted by atomic mass is 9.94. The highest BCUT2D eigenvalue weighted by Crippen LogP contribution is 2.32. The molecule has 0 bridgehead atoms. The highest BCUT2D eigenvalue weighted by Gasteiger charge is 2.22. The summed E-state index contributed by atoms with van der Waals surface area (Å²) in [6.45, 7) is 5.19. The first kappa shape index (κ1) is 13.4. The smallest absolute Gasteiger partial charge is 0.183 e. The molecule has 0 aromatic heterocycles. The summed E-state index contributed by atoms with van der Waals surface area (Å²) in [7, 11) is 0. The fourth-order valence-corrected chi connectivity index (χ4v) is 2.94. The highest BCUT2D eigenvalue weighted by atomic mass is 16.5. The van der Waals surface area contributed by atoms with Crippen LogP contribution in [-0.2, 0) is 4.74 Å². The lowest BCUT2D eigenvalue weighted by molar-refractivity contribution is 0.285. The second kappa shape index (κ2) is 5.82. The number of fused-ring (bicyclic) bond motifs is 1. The number of hydrogen-bond donors (Lipinski definition) is 0. The molecule has 2 heteroatoms. The van der Waals surface area contributed by atoms with E-state index < -0.39 is 0 Å². The molecule has 1 heterocycles. The molecule has 0 fully saturated rings. The maximum atomic E-state index is 5.69. The van der Waals surface area contributed by atoms with Crippen LogP contribution in [0.4, 0.5) is 0 Å². The van der Waals surface area contributed by atoms with Crippen LogP contribution in [-0.4, -0.2) is 18.5 Å². The Labute approximate surface area is 121 Å². The zero-order chi connectivity index (χ0) is 13.9. The van der Waals surface area contributed by atoms with Crippen molar-refractivity contribution >= 4 is 5.90 Å². The van der Waals surface area contributed by atoms with Gasteiger partial charge in [0.15, 0.2) is 5.90 Å². The average Bonchev–Trinajstić information content (AvgIpc) is 3.06. The van der Waals surface area contributed by atoms with Crippen LogP contribution in [0.1, 0.15) is 33.1 Å². The number of nitrogens with zero attached hydrogens (tertiary/aromatic N) is 1. The third kappa shape index (κ3) is 2.79. The number of rotatable bonds is 5. The fourth-order valence-electron chi connectivity index (χ4n) is 2.94. The van der Waals surface area contributed by atoms with Crippen molar-refractivity contribution in [3.05, 3.63) is 47.6 Å². The maximum Gasteiger partial charge on any atom is 0.183 e. The second-order valence-corrected chi connectivity index (χ2v) is 6.11. The first-order valence-electron chi connectivity index (χ1n) is 7.69. The molecule has 0 saturated carbocycles. The molecule has 1 aliphatic heterocycles. The lowest BCUT2D eigenvalue weighted by Gasteiger charge is -2.11. The summed E-state index contributed by atoms with van der Waals surface area (Å²) in [5, 5.41) is 0. The van der Waals surface area contributed by atoms with Crippen molar-refractivity contribution in [1.82, 2.24) is 0 Å². The zero-order valence-corrected chi connectivity index (χ0v) is 12.4. The third-order valence-electron chi connectivity index (χ3n) is 4.28. The first-order valence-corrected chi connectivity index (χ1v) is 7.69. The van der Waals surface area contributed by atoms with E-state index in [0.717, 1.165) is 31.8 Å². The minimum Gasteiger partial charge on any atom is -0.479 e. The monoisotopic (exact) mass is 269 g/mol. The van der Waals surface area contributed by atoms with Crippen LogP contribution in [0.15, 0.2) is 52.6 Å². The Morgan fingerprint density at radius 2 is 2.10 bits per heavy atom. The molecule has 0 saturated heterocycles. The molecule has 20 heavy (non-hydrogen) atoms. The van der Waals surface area contributed by atoms with Gasteiger partial charge in [-0.2, -0.15) is 0 Å². The van der Waals surface area contributed by atoms with Crippen molar-refractivity contribution in [1.29, 1.82) is 0 Å². The summed E-state index contributed by atoms with van der Waals surface area (Å²) < 4.78 is 5.69. The van der Waals surface area contributed by atoms with E-state index in [4.69, 9.17) is 4.74 Å². The van der Waals surface area contributed by atoms with Crippen molar-refractivity contribution in [3.8, 4) is 0 Å². The second-order valence-electron chi connectivity index (χ2n) is 6.11. The van der Waals surface area contributed by atoms with Crippen LogP contribution in [0, 0.1) is 11.8 Å². The van der Waals surface area contributed by atoms with Gasteiger partial charge >= 0.3 is 0 Å². The van der Waals surface area contributed by atoms with Gasteiger partial charge in [0.1, 0.15) is 6.61 Å². The summed E-state index contributed by atoms with van der Waals surface area (Å²) in [6.07, 6.45) is 16.6. The quantitative estimate of drug-likeness (QED) is 0.732. The lowest BCUT2D eigenvalue weighted by Crippen LogP contribution is -2.13. The molecule has 3 rings (SSSR count). The molecule has 0 N–H and O–H groups in total. The van der Waals surface area contributed by atoms with E-state index in [-0.39, 0.29) is 0 Å². The highest BCUT2D eigenvalue weighted by molar-refractivity contribution is 5.77. The van der Waals surface area contributed by atoms with Crippen molar-refractivity contribution < 1.29 is 4.74 Å². The van der Waals surface area contributed by atoms with Crippen LogP contribution in [0.3, 0.4) is 0 Å². The zero-order valence-electron chi connectivity index (χ0n) is 12.4. The van der Waals surface area contributed by atoms with E-state index in [2.05, 4.69) is 55.3 Å². The average molecular weight is 269 g/mol. The molecular weight excluding hydrogens is 246 g/mol. The van der Waals surface area contributed by atoms with E-state index in [1.165, 1.54) is 11.1 Å². The number of hydrogen-bond acceptors (Lipinski definition) is 2. The number of allylic oxidation sites excluding steroid dienone is 8. The topological polar surface area (TPSA) is 21.6 Å². The molecular formula is C18H23NO. The minimum atomic E-state index is 0.370. The third-order valence-corrected chi connectivity index (χ3v) is 4.28. The maximum absolute atomic E-state index is 5.69. The number of aliphatic imine (C=N–C) groups is 1. The molecule has 1 unspecified atom stereocenters. The Morgan fingerprint density at radius 3 is 2.90 bits per heavy atom. The molecule has 3 aliphatic rings. The Morgan fingerprint density at radius 1 is 1.20 bits per heavy atom. The van der Waals surface area contributed by atoms with E-state index in [0.29, 0.717) is 17.9 Å². The van der Waals surface area contributed by atoms with Gasteiger partial charge in [-0.15, -0.1) is 0 Å².